The Balaban J connectivity index is 3.09. The fraction of sp³-hybridized carbons (Fsp3) is 0.273. The third-order valence-corrected chi connectivity index (χ3v) is 2.26. The Morgan fingerprint density at radius 1 is 1.44 bits per heavy atom. The lowest BCUT2D eigenvalue weighted by atomic mass is 9.99. The number of benzene rings is 1. The molecule has 1 aromatic rings. The number of ether oxygens (including phenoxy) is 1. The van der Waals surface area contributed by atoms with Gasteiger partial charge in [0.1, 0.15) is 5.82 Å². The average molecular weight is 226 g/mol. The molecule has 0 aliphatic rings. The highest BCUT2D eigenvalue weighted by molar-refractivity contribution is 5.89. The molecule has 4 nitrogen and oxygen atoms in total. The standard InChI is InChI=1S/C11H11FO4/c1-6(10(13)14)8-4-3-7(5-9(8)12)11(15)16-2/h3-6H,1-2H3,(H,13,14). The first-order valence-corrected chi connectivity index (χ1v) is 4.58. The van der Waals surface area contributed by atoms with Gasteiger partial charge in [-0.3, -0.25) is 4.79 Å². The summed E-state index contributed by atoms with van der Waals surface area (Å²) in [5.74, 6) is -3.46. The molecule has 1 aromatic carbocycles. The van der Waals surface area contributed by atoms with E-state index < -0.39 is 23.7 Å². The van der Waals surface area contributed by atoms with Gasteiger partial charge in [-0.15, -0.1) is 0 Å². The van der Waals surface area contributed by atoms with Crippen LogP contribution in [0.1, 0.15) is 28.8 Å². The lowest BCUT2D eigenvalue weighted by Crippen LogP contribution is -2.10. The van der Waals surface area contributed by atoms with E-state index in [1.807, 2.05) is 0 Å². The van der Waals surface area contributed by atoms with E-state index in [0.717, 1.165) is 6.07 Å². The summed E-state index contributed by atoms with van der Waals surface area (Å²) in [4.78, 5) is 21.7. The van der Waals surface area contributed by atoms with Gasteiger partial charge in [0.25, 0.3) is 0 Å². The molecule has 0 bridgehead atoms. The number of halogens is 1. The smallest absolute Gasteiger partial charge is 0.337 e. The van der Waals surface area contributed by atoms with Crippen LogP contribution in [0.25, 0.3) is 0 Å². The van der Waals surface area contributed by atoms with Crippen molar-refractivity contribution in [3.8, 4) is 0 Å². The second-order valence-electron chi connectivity index (χ2n) is 3.29. The number of carboxylic acids is 1. The van der Waals surface area contributed by atoms with Gasteiger partial charge in [0, 0.05) is 5.56 Å². The second-order valence-corrected chi connectivity index (χ2v) is 3.29. The molecule has 0 aromatic heterocycles. The number of carbonyl (C=O) groups excluding carboxylic acids is 1. The zero-order valence-corrected chi connectivity index (χ0v) is 8.86. The van der Waals surface area contributed by atoms with Crippen LogP contribution in [-0.4, -0.2) is 24.2 Å². The molecule has 1 rings (SSSR count). The van der Waals surface area contributed by atoms with Crippen molar-refractivity contribution < 1.29 is 23.8 Å². The number of rotatable bonds is 3. The SMILES string of the molecule is COC(=O)c1ccc(C(C)C(=O)O)c(F)c1. The summed E-state index contributed by atoms with van der Waals surface area (Å²) in [6.45, 7) is 1.37. The highest BCUT2D eigenvalue weighted by Crippen LogP contribution is 2.20. The molecule has 1 N–H and O–H groups in total. The van der Waals surface area contributed by atoms with E-state index in [9.17, 15) is 14.0 Å². The minimum absolute atomic E-state index is 0.0418. The molecular weight excluding hydrogens is 215 g/mol. The Morgan fingerprint density at radius 2 is 2.06 bits per heavy atom. The third-order valence-electron chi connectivity index (χ3n) is 2.26. The first-order chi connectivity index (χ1) is 7.47. The predicted molar refractivity (Wildman–Crippen MR) is 53.8 cm³/mol. The minimum Gasteiger partial charge on any atom is -0.481 e. The molecule has 0 aliphatic carbocycles. The molecule has 0 fully saturated rings. The zero-order valence-electron chi connectivity index (χ0n) is 8.86. The Hall–Kier alpha value is -1.91. The van der Waals surface area contributed by atoms with Crippen LogP contribution >= 0.6 is 0 Å². The number of hydrogen-bond acceptors (Lipinski definition) is 3. The van der Waals surface area contributed by atoms with Crippen LogP contribution in [0.5, 0.6) is 0 Å². The first-order valence-electron chi connectivity index (χ1n) is 4.58. The quantitative estimate of drug-likeness (QED) is 0.798. The van der Waals surface area contributed by atoms with E-state index >= 15 is 0 Å². The largest absolute Gasteiger partial charge is 0.481 e. The Kier molecular flexibility index (Phi) is 3.60. The van der Waals surface area contributed by atoms with E-state index in [0.29, 0.717) is 0 Å². The van der Waals surface area contributed by atoms with Crippen LogP contribution in [0.15, 0.2) is 18.2 Å². The fourth-order valence-corrected chi connectivity index (χ4v) is 1.26. The van der Waals surface area contributed by atoms with Gasteiger partial charge < -0.3 is 9.84 Å². The van der Waals surface area contributed by atoms with Gasteiger partial charge in [-0.25, -0.2) is 9.18 Å². The maximum absolute atomic E-state index is 13.5. The number of hydrogen-bond donors (Lipinski definition) is 1. The molecule has 0 saturated heterocycles. The van der Waals surface area contributed by atoms with E-state index in [2.05, 4.69) is 4.74 Å². The average Bonchev–Trinajstić information content (AvgIpc) is 2.26. The van der Waals surface area contributed by atoms with Crippen LogP contribution in [0.2, 0.25) is 0 Å². The molecule has 1 unspecified atom stereocenters. The van der Waals surface area contributed by atoms with Gasteiger partial charge in [-0.05, 0) is 19.1 Å². The lowest BCUT2D eigenvalue weighted by Gasteiger charge is -2.08. The highest BCUT2D eigenvalue weighted by atomic mass is 19.1. The molecule has 86 valence electrons. The Bertz CT molecular complexity index is 428. The van der Waals surface area contributed by atoms with Gasteiger partial charge in [-0.2, -0.15) is 0 Å². The van der Waals surface area contributed by atoms with Crippen LogP contribution in [-0.2, 0) is 9.53 Å². The van der Waals surface area contributed by atoms with E-state index in [1.165, 1.54) is 26.2 Å². The molecule has 0 amide bonds. The molecule has 0 saturated carbocycles. The van der Waals surface area contributed by atoms with Gasteiger partial charge in [-0.1, -0.05) is 6.07 Å². The second kappa shape index (κ2) is 4.74. The number of carboxylic acid groups (broad SMARTS) is 1. The van der Waals surface area contributed by atoms with Crippen LogP contribution in [0.3, 0.4) is 0 Å². The lowest BCUT2D eigenvalue weighted by molar-refractivity contribution is -0.138. The molecule has 0 heterocycles. The van der Waals surface area contributed by atoms with Crippen LogP contribution in [0, 0.1) is 5.82 Å². The fourth-order valence-electron chi connectivity index (χ4n) is 1.26. The summed E-state index contributed by atoms with van der Waals surface area (Å²) in [5, 5.41) is 8.73. The number of methoxy groups -OCH3 is 1. The maximum atomic E-state index is 13.5. The molecule has 5 heteroatoms. The van der Waals surface area contributed by atoms with Crippen molar-refractivity contribution >= 4 is 11.9 Å². The summed E-state index contributed by atoms with van der Waals surface area (Å²) in [5.41, 5.74) is 0.0986. The van der Waals surface area contributed by atoms with E-state index in [4.69, 9.17) is 5.11 Å². The molecule has 0 spiro atoms. The normalized spacial score (nSPS) is 11.9. The van der Waals surface area contributed by atoms with E-state index in [1.54, 1.807) is 0 Å². The molecule has 1 atom stereocenters. The monoisotopic (exact) mass is 226 g/mol. The first kappa shape index (κ1) is 12.2. The van der Waals surface area contributed by atoms with Crippen molar-refractivity contribution in [2.45, 2.75) is 12.8 Å². The topological polar surface area (TPSA) is 63.6 Å². The summed E-state index contributed by atoms with van der Waals surface area (Å²) in [6.07, 6.45) is 0. The van der Waals surface area contributed by atoms with Gasteiger partial charge in [0.05, 0.1) is 18.6 Å². The number of esters is 1. The van der Waals surface area contributed by atoms with Crippen molar-refractivity contribution in [2.24, 2.45) is 0 Å². The van der Waals surface area contributed by atoms with Crippen molar-refractivity contribution in [2.75, 3.05) is 7.11 Å². The molecule has 16 heavy (non-hydrogen) atoms. The van der Waals surface area contributed by atoms with Crippen molar-refractivity contribution in [3.05, 3.63) is 35.1 Å². The Labute approximate surface area is 91.7 Å². The van der Waals surface area contributed by atoms with Crippen molar-refractivity contribution in [3.63, 3.8) is 0 Å². The van der Waals surface area contributed by atoms with E-state index in [-0.39, 0.29) is 11.1 Å². The Morgan fingerprint density at radius 3 is 2.50 bits per heavy atom. The zero-order chi connectivity index (χ0) is 12.3. The van der Waals surface area contributed by atoms with Gasteiger partial charge in [0.15, 0.2) is 0 Å². The van der Waals surface area contributed by atoms with Crippen molar-refractivity contribution in [1.82, 2.24) is 0 Å². The number of aliphatic carboxylic acids is 1. The van der Waals surface area contributed by atoms with Crippen molar-refractivity contribution in [1.29, 1.82) is 0 Å². The highest BCUT2D eigenvalue weighted by Gasteiger charge is 2.19. The minimum atomic E-state index is -1.12. The summed E-state index contributed by atoms with van der Waals surface area (Å²) < 4.78 is 17.9. The van der Waals surface area contributed by atoms with Crippen LogP contribution < -0.4 is 0 Å². The predicted octanol–water partition coefficient (Wildman–Crippen LogP) is 1.80. The molecular formula is C11H11FO4. The summed E-state index contributed by atoms with van der Waals surface area (Å²) in [7, 11) is 1.19. The summed E-state index contributed by atoms with van der Waals surface area (Å²) >= 11 is 0. The third kappa shape index (κ3) is 2.36. The summed E-state index contributed by atoms with van der Waals surface area (Å²) in [6, 6.07) is 3.59. The maximum Gasteiger partial charge on any atom is 0.337 e. The number of carbonyl (C=O) groups is 2. The van der Waals surface area contributed by atoms with Gasteiger partial charge >= 0.3 is 11.9 Å². The molecule has 0 radical (unpaired) electrons. The van der Waals surface area contributed by atoms with Crippen LogP contribution in [0.4, 0.5) is 4.39 Å². The van der Waals surface area contributed by atoms with Gasteiger partial charge in [0.2, 0.25) is 0 Å². The molecule has 0 aliphatic heterocycles.